The number of esters is 1. The summed E-state index contributed by atoms with van der Waals surface area (Å²) in [6.07, 6.45) is -3.06. The normalized spacial score (nSPS) is 15.2. The number of carbonyl (C=O) groups excluding carboxylic acids is 2. The molecular weight excluding hydrogens is 528 g/mol. The number of allylic oxidation sites excluding steroid dienone is 1. The zero-order chi connectivity index (χ0) is 27.2. The van der Waals surface area contributed by atoms with E-state index in [-0.39, 0.29) is 22.5 Å². The zero-order valence-electron chi connectivity index (χ0n) is 20.2. The van der Waals surface area contributed by atoms with Crippen LogP contribution in [-0.4, -0.2) is 23.6 Å². The summed E-state index contributed by atoms with van der Waals surface area (Å²) in [7, 11) is 1.17. The van der Waals surface area contributed by atoms with E-state index >= 15 is 0 Å². The maximum Gasteiger partial charge on any atom is 0.416 e. The third kappa shape index (κ3) is 4.79. The lowest BCUT2D eigenvalue weighted by atomic mass is 10.0. The van der Waals surface area contributed by atoms with Crippen molar-refractivity contribution in [3.8, 4) is 5.69 Å². The molecule has 1 aromatic heterocycles. The van der Waals surface area contributed by atoms with Crippen molar-refractivity contribution in [3.05, 3.63) is 97.9 Å². The number of hydrogen-bond donors (Lipinski definition) is 0. The van der Waals surface area contributed by atoms with Crippen LogP contribution in [0.1, 0.15) is 29.4 Å². The van der Waals surface area contributed by atoms with Gasteiger partial charge >= 0.3 is 12.1 Å². The molecule has 192 valence electrons. The molecule has 0 saturated carbocycles. The standard InChI is InChI=1S/C27H21Cl2F3N2O3/c1-14-10-17(15(2)33(14)23-9-8-19(28)13-22(23)29)11-21-24(26(36)37-4)16(3)34(25(21)35)20-7-5-6-18(12-20)27(30,31)32/h5-13H,1-4H3/b21-11-. The number of ether oxygens (including phenoxy) is 1. The van der Waals surface area contributed by atoms with Gasteiger partial charge in [-0.3, -0.25) is 9.69 Å². The number of halogens is 5. The van der Waals surface area contributed by atoms with E-state index < -0.39 is 23.6 Å². The van der Waals surface area contributed by atoms with Gasteiger partial charge in [-0.25, -0.2) is 4.79 Å². The van der Waals surface area contributed by atoms with E-state index in [1.807, 2.05) is 24.5 Å². The number of hydrogen-bond acceptors (Lipinski definition) is 3. The van der Waals surface area contributed by atoms with Crippen LogP contribution in [0.25, 0.3) is 11.8 Å². The van der Waals surface area contributed by atoms with Gasteiger partial charge in [-0.2, -0.15) is 13.2 Å². The third-order valence-corrected chi connectivity index (χ3v) is 6.68. The van der Waals surface area contributed by atoms with Gasteiger partial charge in [0, 0.05) is 27.8 Å². The summed E-state index contributed by atoms with van der Waals surface area (Å²) < 4.78 is 46.8. The molecule has 2 heterocycles. The fraction of sp³-hybridized carbons (Fsp3) is 0.185. The van der Waals surface area contributed by atoms with Crippen LogP contribution in [0.2, 0.25) is 10.0 Å². The first-order valence-electron chi connectivity index (χ1n) is 11.0. The Morgan fingerprint density at radius 1 is 1.03 bits per heavy atom. The van der Waals surface area contributed by atoms with Gasteiger partial charge in [-0.1, -0.05) is 29.3 Å². The molecule has 1 aliphatic rings. The van der Waals surface area contributed by atoms with Crippen LogP contribution in [0.4, 0.5) is 18.9 Å². The highest BCUT2D eigenvalue weighted by Gasteiger charge is 2.39. The minimum absolute atomic E-state index is 0.00390. The summed E-state index contributed by atoms with van der Waals surface area (Å²) in [5, 5.41) is 0.903. The third-order valence-electron chi connectivity index (χ3n) is 6.14. The number of alkyl halides is 3. The van der Waals surface area contributed by atoms with Gasteiger partial charge in [-0.05, 0) is 74.9 Å². The van der Waals surface area contributed by atoms with E-state index in [1.54, 1.807) is 18.2 Å². The highest BCUT2D eigenvalue weighted by atomic mass is 35.5. The number of aryl methyl sites for hydroxylation is 1. The van der Waals surface area contributed by atoms with Crippen molar-refractivity contribution in [2.24, 2.45) is 0 Å². The second-order valence-corrected chi connectivity index (χ2v) is 9.30. The molecule has 0 fully saturated rings. The van der Waals surface area contributed by atoms with E-state index in [0.717, 1.165) is 28.4 Å². The van der Waals surface area contributed by atoms with Crippen LogP contribution in [0, 0.1) is 13.8 Å². The molecule has 0 saturated heterocycles. The molecule has 0 aliphatic carbocycles. The predicted molar refractivity (Wildman–Crippen MR) is 137 cm³/mol. The summed E-state index contributed by atoms with van der Waals surface area (Å²) in [6, 6.07) is 11.3. The first-order valence-corrected chi connectivity index (χ1v) is 11.8. The van der Waals surface area contributed by atoms with Crippen molar-refractivity contribution in [3.63, 3.8) is 0 Å². The van der Waals surface area contributed by atoms with Gasteiger partial charge in [0.2, 0.25) is 0 Å². The van der Waals surface area contributed by atoms with E-state index in [2.05, 4.69) is 0 Å². The number of amides is 1. The molecule has 0 atom stereocenters. The van der Waals surface area contributed by atoms with Crippen molar-refractivity contribution >= 4 is 46.8 Å². The number of nitrogens with zero attached hydrogens (tertiary/aromatic N) is 2. The van der Waals surface area contributed by atoms with E-state index in [4.69, 9.17) is 27.9 Å². The lowest BCUT2D eigenvalue weighted by molar-refractivity contribution is -0.137. The molecular formula is C27H21Cl2F3N2O3. The van der Waals surface area contributed by atoms with Gasteiger partial charge in [0.25, 0.3) is 5.91 Å². The highest BCUT2D eigenvalue weighted by Crippen LogP contribution is 2.39. The van der Waals surface area contributed by atoms with E-state index in [1.165, 1.54) is 32.2 Å². The molecule has 0 spiro atoms. The number of anilines is 1. The molecule has 1 amide bonds. The molecule has 3 aromatic rings. The lowest BCUT2D eigenvalue weighted by Crippen LogP contribution is -2.25. The van der Waals surface area contributed by atoms with Crippen molar-refractivity contribution < 1.29 is 27.5 Å². The maximum absolute atomic E-state index is 13.6. The Hall–Kier alpha value is -3.49. The molecule has 0 radical (unpaired) electrons. The quantitative estimate of drug-likeness (QED) is 0.254. The smallest absolute Gasteiger partial charge is 0.416 e. The molecule has 5 nitrogen and oxygen atoms in total. The topological polar surface area (TPSA) is 51.5 Å². The van der Waals surface area contributed by atoms with E-state index in [0.29, 0.717) is 21.3 Å². The SMILES string of the molecule is COC(=O)C1=C(C)N(c2cccc(C(F)(F)F)c2)C(=O)/C1=C\c1cc(C)n(-c2ccc(Cl)cc2Cl)c1C. The molecule has 4 rings (SSSR count). The van der Waals surface area contributed by atoms with Crippen LogP contribution in [0.5, 0.6) is 0 Å². The molecule has 37 heavy (non-hydrogen) atoms. The zero-order valence-corrected chi connectivity index (χ0v) is 21.7. The Morgan fingerprint density at radius 2 is 1.73 bits per heavy atom. The van der Waals surface area contributed by atoms with Gasteiger partial charge in [0.1, 0.15) is 0 Å². The Kier molecular flexibility index (Phi) is 7.01. The minimum Gasteiger partial charge on any atom is -0.465 e. The maximum atomic E-state index is 13.6. The second kappa shape index (κ2) is 9.76. The number of methoxy groups -OCH3 is 1. The number of carbonyl (C=O) groups is 2. The first kappa shape index (κ1) is 26.6. The summed E-state index contributed by atoms with van der Waals surface area (Å²) in [5.74, 6) is -1.42. The van der Waals surface area contributed by atoms with Crippen molar-refractivity contribution in [2.45, 2.75) is 26.9 Å². The van der Waals surface area contributed by atoms with Crippen molar-refractivity contribution in [1.82, 2.24) is 4.57 Å². The molecule has 10 heteroatoms. The van der Waals surface area contributed by atoms with Gasteiger partial charge < -0.3 is 9.30 Å². The number of aromatic nitrogens is 1. The van der Waals surface area contributed by atoms with E-state index in [9.17, 15) is 22.8 Å². The van der Waals surface area contributed by atoms with Crippen LogP contribution in [-0.2, 0) is 20.5 Å². The largest absolute Gasteiger partial charge is 0.465 e. The average molecular weight is 549 g/mol. The Morgan fingerprint density at radius 3 is 2.35 bits per heavy atom. The second-order valence-electron chi connectivity index (χ2n) is 8.46. The average Bonchev–Trinajstić information content (AvgIpc) is 3.24. The Bertz CT molecular complexity index is 1500. The predicted octanol–water partition coefficient (Wildman–Crippen LogP) is 7.30. The fourth-order valence-corrected chi connectivity index (χ4v) is 4.93. The Balaban J connectivity index is 1.86. The number of benzene rings is 2. The number of rotatable bonds is 4. The van der Waals surface area contributed by atoms with Gasteiger partial charge in [0.05, 0.1) is 34.5 Å². The van der Waals surface area contributed by atoms with Crippen molar-refractivity contribution in [1.29, 1.82) is 0 Å². The monoisotopic (exact) mass is 548 g/mol. The summed E-state index contributed by atoms with van der Waals surface area (Å²) in [4.78, 5) is 27.4. The first-order chi connectivity index (χ1) is 17.3. The summed E-state index contributed by atoms with van der Waals surface area (Å²) in [5.41, 5.74) is 2.03. The molecule has 1 aliphatic heterocycles. The molecule has 2 aromatic carbocycles. The van der Waals surface area contributed by atoms with Gasteiger partial charge in [0.15, 0.2) is 0 Å². The molecule has 0 N–H and O–H groups in total. The molecule has 0 bridgehead atoms. The van der Waals surface area contributed by atoms with Crippen LogP contribution < -0.4 is 4.90 Å². The highest BCUT2D eigenvalue weighted by molar-refractivity contribution is 6.35. The fourth-order valence-electron chi connectivity index (χ4n) is 4.43. The van der Waals surface area contributed by atoms with Crippen LogP contribution in [0.15, 0.2) is 65.4 Å². The van der Waals surface area contributed by atoms with Crippen LogP contribution >= 0.6 is 23.2 Å². The van der Waals surface area contributed by atoms with Crippen LogP contribution in [0.3, 0.4) is 0 Å². The summed E-state index contributed by atoms with van der Waals surface area (Å²) >= 11 is 12.4. The molecule has 0 unspecified atom stereocenters. The summed E-state index contributed by atoms with van der Waals surface area (Å²) in [6.45, 7) is 5.17. The van der Waals surface area contributed by atoms with Crippen molar-refractivity contribution in [2.75, 3.05) is 12.0 Å². The van der Waals surface area contributed by atoms with Gasteiger partial charge in [-0.15, -0.1) is 0 Å². The minimum atomic E-state index is -4.60. The Labute approximate surface area is 221 Å². The lowest BCUT2D eigenvalue weighted by Gasteiger charge is -2.19.